The summed E-state index contributed by atoms with van der Waals surface area (Å²) in [6, 6.07) is 9.69. The molecule has 0 atom stereocenters. The summed E-state index contributed by atoms with van der Waals surface area (Å²) in [5.41, 5.74) is 3.09. The molecule has 2 aromatic carbocycles. The van der Waals surface area contributed by atoms with Gasteiger partial charge in [0, 0.05) is 11.1 Å². The van der Waals surface area contributed by atoms with Gasteiger partial charge in [-0.1, -0.05) is 29.3 Å². The molecule has 0 bridgehead atoms. The number of hydrogen-bond acceptors (Lipinski definition) is 5. The van der Waals surface area contributed by atoms with Crippen LogP contribution >= 0.6 is 23.2 Å². The molecule has 2 amide bonds. The molecule has 7 nitrogen and oxygen atoms in total. The molecule has 0 fully saturated rings. The molecule has 27 heavy (non-hydrogen) atoms. The molecule has 0 aromatic heterocycles. The van der Waals surface area contributed by atoms with Gasteiger partial charge in [0.05, 0.1) is 37.0 Å². The van der Waals surface area contributed by atoms with Crippen LogP contribution in [-0.2, 0) is 4.79 Å². The number of ether oxygens (including phenoxy) is 2. The van der Waals surface area contributed by atoms with Gasteiger partial charge in [-0.2, -0.15) is 5.10 Å². The van der Waals surface area contributed by atoms with Crippen LogP contribution in [0, 0.1) is 0 Å². The summed E-state index contributed by atoms with van der Waals surface area (Å²) in [5.74, 6) is -0.0392. The van der Waals surface area contributed by atoms with Crippen molar-refractivity contribution in [2.45, 2.75) is 0 Å². The molecule has 142 valence electrons. The molecule has 0 spiro atoms. The van der Waals surface area contributed by atoms with E-state index in [1.807, 2.05) is 0 Å². The third-order valence-electron chi connectivity index (χ3n) is 3.44. The normalized spacial score (nSPS) is 10.5. The smallest absolute Gasteiger partial charge is 0.259 e. The maximum absolute atomic E-state index is 12.1. The van der Waals surface area contributed by atoms with Crippen LogP contribution in [-0.4, -0.2) is 38.8 Å². The van der Waals surface area contributed by atoms with Crippen molar-refractivity contribution < 1.29 is 19.1 Å². The van der Waals surface area contributed by atoms with E-state index in [2.05, 4.69) is 15.8 Å². The van der Waals surface area contributed by atoms with Crippen LogP contribution in [0.25, 0.3) is 0 Å². The van der Waals surface area contributed by atoms with Crippen molar-refractivity contribution in [2.75, 3.05) is 20.8 Å². The lowest BCUT2D eigenvalue weighted by molar-refractivity contribution is -0.120. The molecule has 0 saturated carbocycles. The molecule has 0 aliphatic rings. The number of benzene rings is 2. The first-order valence-corrected chi connectivity index (χ1v) is 8.48. The average Bonchev–Trinajstić information content (AvgIpc) is 2.67. The first kappa shape index (κ1) is 20.5. The Morgan fingerprint density at radius 1 is 1.07 bits per heavy atom. The van der Waals surface area contributed by atoms with Crippen molar-refractivity contribution >= 4 is 41.2 Å². The summed E-state index contributed by atoms with van der Waals surface area (Å²) < 4.78 is 10.3. The van der Waals surface area contributed by atoms with Gasteiger partial charge in [0.25, 0.3) is 11.8 Å². The first-order valence-electron chi connectivity index (χ1n) is 7.72. The fourth-order valence-electron chi connectivity index (χ4n) is 2.08. The van der Waals surface area contributed by atoms with Gasteiger partial charge in [0.2, 0.25) is 0 Å². The molecular formula is C18H17Cl2N3O4. The van der Waals surface area contributed by atoms with Gasteiger partial charge in [0.15, 0.2) is 11.5 Å². The Balaban J connectivity index is 1.90. The summed E-state index contributed by atoms with van der Waals surface area (Å²) in [7, 11) is 2.97. The Morgan fingerprint density at radius 3 is 2.37 bits per heavy atom. The standard InChI is InChI=1S/C18H17Cl2N3O4/c1-26-15-7-6-11(8-16(15)27-2)18(25)21-10-17(24)23-22-9-12-13(19)4-3-5-14(12)20/h3-9H,10H2,1-2H3,(H,21,25)(H,23,24)/b22-9+. The van der Waals surface area contributed by atoms with Crippen LogP contribution in [0.4, 0.5) is 0 Å². The summed E-state index contributed by atoms with van der Waals surface area (Å²) in [6.45, 7) is -0.263. The SMILES string of the molecule is COc1ccc(C(=O)NCC(=O)N/N=C/c2c(Cl)cccc2Cl)cc1OC. The molecule has 2 aromatic rings. The fourth-order valence-corrected chi connectivity index (χ4v) is 2.58. The third-order valence-corrected chi connectivity index (χ3v) is 4.10. The van der Waals surface area contributed by atoms with Crippen molar-refractivity contribution in [2.24, 2.45) is 5.10 Å². The number of carbonyl (C=O) groups is 2. The molecular weight excluding hydrogens is 393 g/mol. The molecule has 9 heteroatoms. The second-order valence-electron chi connectivity index (χ2n) is 5.18. The second-order valence-corrected chi connectivity index (χ2v) is 6.00. The predicted molar refractivity (Wildman–Crippen MR) is 104 cm³/mol. The number of nitrogens with one attached hydrogen (secondary N) is 2. The van der Waals surface area contributed by atoms with E-state index >= 15 is 0 Å². The minimum absolute atomic E-state index is 0.263. The molecule has 0 aliphatic heterocycles. The van der Waals surface area contributed by atoms with E-state index in [-0.39, 0.29) is 6.54 Å². The Bertz CT molecular complexity index is 851. The Hall–Kier alpha value is -2.77. The summed E-state index contributed by atoms with van der Waals surface area (Å²) in [6.07, 6.45) is 1.33. The van der Waals surface area contributed by atoms with E-state index in [1.54, 1.807) is 30.3 Å². The van der Waals surface area contributed by atoms with Gasteiger partial charge in [-0.25, -0.2) is 5.43 Å². The van der Waals surface area contributed by atoms with E-state index in [4.69, 9.17) is 32.7 Å². The van der Waals surface area contributed by atoms with Crippen LogP contribution in [0.3, 0.4) is 0 Å². The van der Waals surface area contributed by atoms with Crippen LogP contribution in [0.5, 0.6) is 11.5 Å². The molecule has 0 saturated heterocycles. The number of nitrogens with zero attached hydrogens (tertiary/aromatic N) is 1. The zero-order chi connectivity index (χ0) is 19.8. The van der Waals surface area contributed by atoms with E-state index in [1.165, 1.54) is 26.5 Å². The van der Waals surface area contributed by atoms with Crippen molar-refractivity contribution in [3.8, 4) is 11.5 Å². The number of amides is 2. The highest BCUT2D eigenvalue weighted by Gasteiger charge is 2.11. The summed E-state index contributed by atoms with van der Waals surface area (Å²) in [4.78, 5) is 24.0. The topological polar surface area (TPSA) is 89.0 Å². The average molecular weight is 410 g/mol. The van der Waals surface area contributed by atoms with Gasteiger partial charge >= 0.3 is 0 Å². The molecule has 2 N–H and O–H groups in total. The van der Waals surface area contributed by atoms with Gasteiger partial charge < -0.3 is 14.8 Å². The van der Waals surface area contributed by atoms with Gasteiger partial charge in [0.1, 0.15) is 0 Å². The Labute approximate surface area is 166 Å². The number of halogens is 2. The maximum atomic E-state index is 12.1. The Morgan fingerprint density at radius 2 is 1.74 bits per heavy atom. The van der Waals surface area contributed by atoms with Crippen molar-refractivity contribution in [1.82, 2.24) is 10.7 Å². The minimum atomic E-state index is -0.511. The number of hydrogen-bond donors (Lipinski definition) is 2. The van der Waals surface area contributed by atoms with Gasteiger partial charge in [-0.3, -0.25) is 9.59 Å². The second kappa shape index (κ2) is 9.80. The summed E-state index contributed by atoms with van der Waals surface area (Å²) >= 11 is 12.0. The van der Waals surface area contributed by atoms with Crippen LogP contribution in [0.1, 0.15) is 15.9 Å². The van der Waals surface area contributed by atoms with E-state index < -0.39 is 11.8 Å². The number of methoxy groups -OCH3 is 2. The lowest BCUT2D eigenvalue weighted by Gasteiger charge is -2.09. The zero-order valence-electron chi connectivity index (χ0n) is 14.6. The Kier molecular flexibility index (Phi) is 7.45. The van der Waals surface area contributed by atoms with Crippen molar-refractivity contribution in [3.05, 3.63) is 57.6 Å². The number of carbonyl (C=O) groups excluding carboxylic acids is 2. The monoisotopic (exact) mass is 409 g/mol. The summed E-state index contributed by atoms with van der Waals surface area (Å²) in [5, 5.41) is 7.08. The minimum Gasteiger partial charge on any atom is -0.493 e. The van der Waals surface area contributed by atoms with Gasteiger partial charge in [-0.05, 0) is 30.3 Å². The maximum Gasteiger partial charge on any atom is 0.259 e. The third kappa shape index (κ3) is 5.60. The fraction of sp³-hybridized carbons (Fsp3) is 0.167. The number of hydrazone groups is 1. The van der Waals surface area contributed by atoms with Crippen LogP contribution in [0.2, 0.25) is 10.0 Å². The van der Waals surface area contributed by atoms with E-state index in [0.29, 0.717) is 32.7 Å². The highest BCUT2D eigenvalue weighted by atomic mass is 35.5. The molecule has 0 unspecified atom stereocenters. The predicted octanol–water partition coefficient (Wildman–Crippen LogP) is 2.89. The van der Waals surface area contributed by atoms with Gasteiger partial charge in [-0.15, -0.1) is 0 Å². The zero-order valence-corrected chi connectivity index (χ0v) is 16.1. The highest BCUT2D eigenvalue weighted by Crippen LogP contribution is 2.27. The van der Waals surface area contributed by atoms with Crippen LogP contribution in [0.15, 0.2) is 41.5 Å². The lowest BCUT2D eigenvalue weighted by atomic mass is 10.2. The first-order chi connectivity index (χ1) is 13.0. The molecule has 0 heterocycles. The molecule has 0 aliphatic carbocycles. The molecule has 0 radical (unpaired) electrons. The van der Waals surface area contributed by atoms with E-state index in [0.717, 1.165) is 0 Å². The van der Waals surface area contributed by atoms with Crippen molar-refractivity contribution in [3.63, 3.8) is 0 Å². The lowest BCUT2D eigenvalue weighted by Crippen LogP contribution is -2.34. The van der Waals surface area contributed by atoms with Crippen LogP contribution < -0.4 is 20.2 Å². The highest BCUT2D eigenvalue weighted by molar-refractivity contribution is 6.38. The number of rotatable bonds is 7. The van der Waals surface area contributed by atoms with Crippen molar-refractivity contribution in [1.29, 1.82) is 0 Å². The quantitative estimate of drug-likeness (QED) is 0.543. The van der Waals surface area contributed by atoms with E-state index in [9.17, 15) is 9.59 Å². The largest absolute Gasteiger partial charge is 0.493 e. The molecule has 2 rings (SSSR count).